The number of carbonyl (C=O) groups excluding carboxylic acids is 1. The molecule has 0 fully saturated rings. The van der Waals surface area contributed by atoms with E-state index in [0.717, 1.165) is 24.1 Å². The van der Waals surface area contributed by atoms with Crippen molar-refractivity contribution in [3.05, 3.63) is 57.8 Å². The maximum Gasteiger partial charge on any atom is 0.514 e. The van der Waals surface area contributed by atoms with E-state index in [0.29, 0.717) is 0 Å². The van der Waals surface area contributed by atoms with E-state index in [9.17, 15) is 14.9 Å². The number of rotatable bonds is 5. The van der Waals surface area contributed by atoms with E-state index < -0.39 is 11.1 Å². The van der Waals surface area contributed by atoms with Crippen LogP contribution in [0.25, 0.3) is 0 Å². The number of nitro benzene ring substituents is 1. The Morgan fingerprint density at radius 3 is 2.55 bits per heavy atom. The van der Waals surface area contributed by atoms with Gasteiger partial charge in [-0.3, -0.25) is 10.1 Å². The fourth-order valence-electron chi connectivity index (χ4n) is 1.92. The van der Waals surface area contributed by atoms with Crippen LogP contribution in [0.1, 0.15) is 12.8 Å². The normalized spacial score (nSPS) is 13.7. The summed E-state index contributed by atoms with van der Waals surface area (Å²) in [5.74, 6) is 0.200. The van der Waals surface area contributed by atoms with Crippen LogP contribution in [0, 0.1) is 10.1 Å². The van der Waals surface area contributed by atoms with Crippen molar-refractivity contribution in [3.63, 3.8) is 0 Å². The molecule has 1 aromatic carbocycles. The van der Waals surface area contributed by atoms with E-state index in [1.54, 1.807) is 0 Å². The minimum absolute atomic E-state index is 0.0693. The number of nitro groups is 1. The Hall–Kier alpha value is -2.83. The van der Waals surface area contributed by atoms with Gasteiger partial charge in [-0.25, -0.2) is 4.79 Å². The van der Waals surface area contributed by atoms with Gasteiger partial charge in [0.05, 0.1) is 4.92 Å². The molecular weight excluding hydrogens is 288 g/mol. The summed E-state index contributed by atoms with van der Waals surface area (Å²) in [4.78, 5) is 21.6. The average molecular weight is 304 g/mol. The summed E-state index contributed by atoms with van der Waals surface area (Å²) in [5.41, 5.74) is 2.07. The minimum Gasteiger partial charge on any atom is -0.429 e. The molecule has 0 heterocycles. The maximum atomic E-state index is 11.6. The molecular formula is C15H16N2O5. The lowest BCUT2D eigenvalue weighted by Crippen LogP contribution is -2.14. The van der Waals surface area contributed by atoms with Gasteiger partial charge in [0.1, 0.15) is 12.4 Å². The van der Waals surface area contributed by atoms with Crippen molar-refractivity contribution in [1.82, 2.24) is 5.32 Å². The first kappa shape index (κ1) is 15.6. The molecule has 0 atom stereocenters. The summed E-state index contributed by atoms with van der Waals surface area (Å²) in [5, 5.41) is 13.6. The molecule has 1 aromatic rings. The smallest absolute Gasteiger partial charge is 0.429 e. The molecule has 0 amide bonds. The van der Waals surface area contributed by atoms with Gasteiger partial charge in [-0.2, -0.15) is 0 Å². The van der Waals surface area contributed by atoms with Crippen LogP contribution >= 0.6 is 0 Å². The molecule has 22 heavy (non-hydrogen) atoms. The van der Waals surface area contributed by atoms with Crippen molar-refractivity contribution in [2.24, 2.45) is 0 Å². The van der Waals surface area contributed by atoms with Crippen LogP contribution < -0.4 is 10.1 Å². The molecule has 0 saturated carbocycles. The Labute approximate surface area is 127 Å². The molecule has 2 rings (SSSR count). The summed E-state index contributed by atoms with van der Waals surface area (Å²) in [6.07, 6.45) is 4.72. The SMILES string of the molecule is CNC1=CC=C(COC(=O)Oc2ccc([N+](=O)[O-])cc2)CC1. The molecule has 0 radical (unpaired) electrons. The van der Waals surface area contributed by atoms with Crippen molar-refractivity contribution >= 4 is 11.8 Å². The van der Waals surface area contributed by atoms with E-state index in [4.69, 9.17) is 9.47 Å². The molecule has 0 unspecified atom stereocenters. The van der Waals surface area contributed by atoms with E-state index in [2.05, 4.69) is 5.32 Å². The number of carbonyl (C=O) groups is 1. The van der Waals surface area contributed by atoms with Gasteiger partial charge < -0.3 is 14.8 Å². The van der Waals surface area contributed by atoms with Crippen molar-refractivity contribution in [2.75, 3.05) is 13.7 Å². The highest BCUT2D eigenvalue weighted by Gasteiger charge is 2.11. The van der Waals surface area contributed by atoms with Crippen molar-refractivity contribution in [2.45, 2.75) is 12.8 Å². The second-order valence-electron chi connectivity index (χ2n) is 4.66. The predicted octanol–water partition coefficient (Wildman–Crippen LogP) is 2.93. The van der Waals surface area contributed by atoms with E-state index in [-0.39, 0.29) is 18.0 Å². The molecule has 116 valence electrons. The number of nitrogens with zero attached hydrogens (tertiary/aromatic N) is 1. The molecule has 0 saturated heterocycles. The quantitative estimate of drug-likeness (QED) is 0.389. The molecule has 0 bridgehead atoms. The summed E-state index contributed by atoms with van der Waals surface area (Å²) in [6, 6.07) is 5.22. The summed E-state index contributed by atoms with van der Waals surface area (Å²) in [7, 11) is 1.86. The zero-order valence-electron chi connectivity index (χ0n) is 12.1. The van der Waals surface area contributed by atoms with Gasteiger partial charge in [-0.15, -0.1) is 0 Å². The van der Waals surface area contributed by atoms with Gasteiger partial charge >= 0.3 is 6.16 Å². The number of benzene rings is 1. The van der Waals surface area contributed by atoms with Gasteiger partial charge in [0.15, 0.2) is 0 Å². The van der Waals surface area contributed by atoms with Crippen LogP contribution in [0.5, 0.6) is 5.75 Å². The maximum absolute atomic E-state index is 11.6. The average Bonchev–Trinajstić information content (AvgIpc) is 2.54. The summed E-state index contributed by atoms with van der Waals surface area (Å²) in [6.45, 7) is 0.166. The van der Waals surface area contributed by atoms with Crippen LogP contribution in [0.3, 0.4) is 0 Å². The summed E-state index contributed by atoms with van der Waals surface area (Å²) >= 11 is 0. The van der Waals surface area contributed by atoms with Crippen molar-refractivity contribution in [3.8, 4) is 5.75 Å². The van der Waals surface area contributed by atoms with Gasteiger partial charge in [0.2, 0.25) is 0 Å². The fourth-order valence-corrected chi connectivity index (χ4v) is 1.92. The lowest BCUT2D eigenvalue weighted by Gasteiger charge is -2.14. The monoisotopic (exact) mass is 304 g/mol. The second kappa shape index (κ2) is 7.26. The molecule has 0 spiro atoms. The third-order valence-corrected chi connectivity index (χ3v) is 3.18. The number of hydrogen-bond acceptors (Lipinski definition) is 6. The Kier molecular flexibility index (Phi) is 5.13. The van der Waals surface area contributed by atoms with Crippen LogP contribution in [0.15, 0.2) is 47.7 Å². The van der Waals surface area contributed by atoms with E-state index >= 15 is 0 Å². The van der Waals surface area contributed by atoms with E-state index in [1.165, 1.54) is 24.3 Å². The van der Waals surface area contributed by atoms with Crippen LogP contribution in [-0.4, -0.2) is 24.7 Å². The van der Waals surface area contributed by atoms with E-state index in [1.807, 2.05) is 19.2 Å². The molecule has 1 N–H and O–H groups in total. The number of allylic oxidation sites excluding steroid dienone is 3. The zero-order valence-corrected chi connectivity index (χ0v) is 12.1. The van der Waals surface area contributed by atoms with Crippen LogP contribution in [0.2, 0.25) is 0 Å². The standard InChI is InChI=1S/C15H16N2O5/c1-16-12-4-2-11(3-5-12)10-21-15(18)22-14-8-6-13(7-9-14)17(19)20/h2,4,6-9,16H,3,5,10H2,1H3. The first-order valence-electron chi connectivity index (χ1n) is 6.74. The molecule has 1 aliphatic rings. The Bertz CT molecular complexity index is 619. The number of non-ortho nitro benzene ring substituents is 1. The molecule has 1 aliphatic carbocycles. The van der Waals surface area contributed by atoms with Gasteiger partial charge in [0.25, 0.3) is 5.69 Å². The topological polar surface area (TPSA) is 90.7 Å². The van der Waals surface area contributed by atoms with Crippen LogP contribution in [-0.2, 0) is 4.74 Å². The molecule has 7 heteroatoms. The largest absolute Gasteiger partial charge is 0.514 e. The third kappa shape index (κ3) is 4.34. The highest BCUT2D eigenvalue weighted by Crippen LogP contribution is 2.19. The Morgan fingerprint density at radius 2 is 2.00 bits per heavy atom. The van der Waals surface area contributed by atoms with Crippen molar-refractivity contribution in [1.29, 1.82) is 0 Å². The molecule has 7 nitrogen and oxygen atoms in total. The predicted molar refractivity (Wildman–Crippen MR) is 79.5 cm³/mol. The fraction of sp³-hybridized carbons (Fsp3) is 0.267. The lowest BCUT2D eigenvalue weighted by atomic mass is 10.0. The Morgan fingerprint density at radius 1 is 1.27 bits per heavy atom. The third-order valence-electron chi connectivity index (χ3n) is 3.18. The minimum atomic E-state index is -0.835. The lowest BCUT2D eigenvalue weighted by molar-refractivity contribution is -0.384. The molecule has 0 aromatic heterocycles. The first-order chi connectivity index (χ1) is 10.6. The number of hydrogen-bond donors (Lipinski definition) is 1. The summed E-state index contributed by atoms with van der Waals surface area (Å²) < 4.78 is 9.96. The molecule has 0 aliphatic heterocycles. The van der Waals surface area contributed by atoms with Gasteiger partial charge in [-0.05, 0) is 36.6 Å². The highest BCUT2D eigenvalue weighted by molar-refractivity contribution is 5.64. The second-order valence-corrected chi connectivity index (χ2v) is 4.66. The van der Waals surface area contributed by atoms with Crippen LogP contribution in [0.4, 0.5) is 10.5 Å². The highest BCUT2D eigenvalue weighted by atomic mass is 16.7. The van der Waals surface area contributed by atoms with Gasteiger partial charge in [-0.1, -0.05) is 6.08 Å². The Balaban J connectivity index is 1.82. The number of nitrogens with one attached hydrogen (secondary N) is 1. The van der Waals surface area contributed by atoms with Crippen molar-refractivity contribution < 1.29 is 19.2 Å². The number of ether oxygens (including phenoxy) is 2. The first-order valence-corrected chi connectivity index (χ1v) is 6.74. The van der Waals surface area contributed by atoms with Gasteiger partial charge in [0, 0.05) is 24.9 Å². The zero-order chi connectivity index (χ0) is 15.9.